The smallest absolute Gasteiger partial charge is 0.318 e. The van der Waals surface area contributed by atoms with E-state index < -0.39 is 5.82 Å². The molecule has 2 saturated heterocycles. The van der Waals surface area contributed by atoms with Crippen molar-refractivity contribution in [2.24, 2.45) is 5.92 Å². The number of piperidine rings is 1. The van der Waals surface area contributed by atoms with Crippen molar-refractivity contribution in [3.05, 3.63) is 34.9 Å². The monoisotopic (exact) mass is 375 g/mol. The highest BCUT2D eigenvalue weighted by Crippen LogP contribution is 2.41. The van der Waals surface area contributed by atoms with Crippen molar-refractivity contribution in [2.75, 3.05) is 5.32 Å². The number of carbonyl (C=O) groups excluding carboxylic acids is 1. The van der Waals surface area contributed by atoms with Crippen molar-refractivity contribution in [1.82, 2.24) is 20.1 Å². The Hall–Kier alpha value is -2.28. The summed E-state index contributed by atoms with van der Waals surface area (Å²) in [5.74, 6) is 0.324. The lowest BCUT2D eigenvalue weighted by Gasteiger charge is -2.54. The van der Waals surface area contributed by atoms with E-state index in [0.29, 0.717) is 17.2 Å². The van der Waals surface area contributed by atoms with Crippen LogP contribution < -0.4 is 5.32 Å². The van der Waals surface area contributed by atoms with Crippen LogP contribution in [0.1, 0.15) is 31.9 Å². The number of aromatic nitrogens is 3. The first-order chi connectivity index (χ1) is 12.4. The molecular formula is C18H19ClFN5O. The standard InChI is InChI=1S/C18H19ClFN5O/c1-9-3-11-5-12(4-9)25(11)18(26)22-16-6-13(14(19)7-15(16)20)17-21-8-10(2)23-24-17/h6-9,11-12H,3-5H2,1-2H3,(H,22,26). The number of hydrogen-bond acceptors (Lipinski definition) is 4. The van der Waals surface area contributed by atoms with E-state index in [-0.39, 0.29) is 34.6 Å². The van der Waals surface area contributed by atoms with Crippen molar-refractivity contribution < 1.29 is 9.18 Å². The fourth-order valence-electron chi connectivity index (χ4n) is 3.93. The Morgan fingerprint density at radius 1 is 1.27 bits per heavy atom. The van der Waals surface area contributed by atoms with Gasteiger partial charge in [-0.25, -0.2) is 14.2 Å². The zero-order valence-corrected chi connectivity index (χ0v) is 15.3. The molecule has 26 heavy (non-hydrogen) atoms. The minimum atomic E-state index is -0.591. The molecule has 2 aliphatic rings. The van der Waals surface area contributed by atoms with Crippen LogP contribution in [0.5, 0.6) is 0 Å². The van der Waals surface area contributed by atoms with Gasteiger partial charge in [0.25, 0.3) is 0 Å². The number of anilines is 1. The van der Waals surface area contributed by atoms with E-state index in [1.165, 1.54) is 6.07 Å². The Balaban J connectivity index is 1.58. The topological polar surface area (TPSA) is 71.0 Å². The van der Waals surface area contributed by atoms with Gasteiger partial charge < -0.3 is 10.2 Å². The Morgan fingerprint density at radius 3 is 2.65 bits per heavy atom. The second kappa shape index (κ2) is 6.46. The van der Waals surface area contributed by atoms with Crippen LogP contribution in [0.3, 0.4) is 0 Å². The number of urea groups is 1. The van der Waals surface area contributed by atoms with Gasteiger partial charge in [0.1, 0.15) is 5.82 Å². The number of rotatable bonds is 2. The highest BCUT2D eigenvalue weighted by atomic mass is 35.5. The van der Waals surface area contributed by atoms with Crippen LogP contribution in [-0.2, 0) is 0 Å². The molecule has 3 heterocycles. The zero-order chi connectivity index (χ0) is 18.4. The van der Waals surface area contributed by atoms with E-state index in [9.17, 15) is 9.18 Å². The number of benzene rings is 1. The van der Waals surface area contributed by atoms with Crippen LogP contribution in [0.25, 0.3) is 11.4 Å². The molecule has 1 N–H and O–H groups in total. The average Bonchev–Trinajstić information content (AvgIpc) is 2.58. The van der Waals surface area contributed by atoms with Crippen molar-refractivity contribution in [3.8, 4) is 11.4 Å². The summed E-state index contributed by atoms with van der Waals surface area (Å²) in [7, 11) is 0. The molecule has 2 amide bonds. The van der Waals surface area contributed by atoms with Gasteiger partial charge in [-0.2, -0.15) is 5.10 Å². The van der Waals surface area contributed by atoms with E-state index >= 15 is 0 Å². The van der Waals surface area contributed by atoms with Crippen molar-refractivity contribution in [3.63, 3.8) is 0 Å². The number of hydrogen-bond donors (Lipinski definition) is 1. The Bertz CT molecular complexity index is 847. The van der Waals surface area contributed by atoms with E-state index in [0.717, 1.165) is 25.3 Å². The van der Waals surface area contributed by atoms with Crippen LogP contribution in [0, 0.1) is 18.7 Å². The Labute approximate surface area is 155 Å². The number of nitrogens with one attached hydrogen (secondary N) is 1. The molecule has 6 nitrogen and oxygen atoms in total. The first-order valence-corrected chi connectivity index (χ1v) is 9.05. The Morgan fingerprint density at radius 2 is 2.00 bits per heavy atom. The highest BCUT2D eigenvalue weighted by Gasteiger charge is 2.46. The number of aryl methyl sites for hydroxylation is 1. The molecule has 2 aromatic rings. The molecular weight excluding hydrogens is 357 g/mol. The lowest BCUT2D eigenvalue weighted by molar-refractivity contribution is -0.00603. The molecule has 2 aliphatic heterocycles. The second-order valence-corrected chi connectivity index (χ2v) is 7.60. The minimum absolute atomic E-state index is 0.0663. The summed E-state index contributed by atoms with van der Waals surface area (Å²) in [6.45, 7) is 3.97. The maximum absolute atomic E-state index is 14.3. The predicted molar refractivity (Wildman–Crippen MR) is 96.4 cm³/mol. The fourth-order valence-corrected chi connectivity index (χ4v) is 4.16. The maximum atomic E-state index is 14.3. The van der Waals surface area contributed by atoms with Gasteiger partial charge in [0.2, 0.25) is 0 Å². The summed E-state index contributed by atoms with van der Waals surface area (Å²) in [6.07, 6.45) is 4.60. The normalized spacial score (nSPS) is 24.2. The van der Waals surface area contributed by atoms with E-state index in [1.807, 2.05) is 4.90 Å². The molecule has 2 unspecified atom stereocenters. The van der Waals surface area contributed by atoms with Crippen LogP contribution in [0.2, 0.25) is 5.02 Å². The summed E-state index contributed by atoms with van der Waals surface area (Å²) in [6, 6.07) is 2.86. The van der Waals surface area contributed by atoms with Crippen molar-refractivity contribution in [1.29, 1.82) is 0 Å². The van der Waals surface area contributed by atoms with E-state index in [4.69, 9.17) is 11.6 Å². The third-order valence-electron chi connectivity index (χ3n) is 5.13. The summed E-state index contributed by atoms with van der Waals surface area (Å²) >= 11 is 6.14. The number of carbonyl (C=O) groups is 1. The van der Waals surface area contributed by atoms with Gasteiger partial charge in [-0.3, -0.25) is 0 Å². The minimum Gasteiger partial charge on any atom is -0.318 e. The molecule has 0 saturated carbocycles. The highest BCUT2D eigenvalue weighted by molar-refractivity contribution is 6.33. The van der Waals surface area contributed by atoms with Gasteiger partial charge in [-0.15, -0.1) is 5.10 Å². The molecule has 1 aromatic carbocycles. The van der Waals surface area contributed by atoms with Gasteiger partial charge in [0.05, 0.1) is 22.6 Å². The fraction of sp³-hybridized carbons (Fsp3) is 0.444. The van der Waals surface area contributed by atoms with Crippen molar-refractivity contribution >= 4 is 23.3 Å². The maximum Gasteiger partial charge on any atom is 0.322 e. The molecule has 8 heteroatoms. The first kappa shape index (κ1) is 17.1. The molecule has 136 valence electrons. The van der Waals surface area contributed by atoms with E-state index in [1.54, 1.807) is 13.1 Å². The Kier molecular flexibility index (Phi) is 4.26. The van der Waals surface area contributed by atoms with Gasteiger partial charge >= 0.3 is 6.03 Å². The third kappa shape index (κ3) is 3.00. The molecule has 0 radical (unpaired) electrons. The first-order valence-electron chi connectivity index (χ1n) is 8.67. The lowest BCUT2D eigenvalue weighted by Crippen LogP contribution is -2.63. The van der Waals surface area contributed by atoms with Crippen LogP contribution in [-0.4, -0.2) is 38.2 Å². The molecule has 2 bridgehead atoms. The van der Waals surface area contributed by atoms with Crippen LogP contribution in [0.4, 0.5) is 14.9 Å². The number of halogens is 2. The largest absolute Gasteiger partial charge is 0.322 e. The molecule has 4 rings (SSSR count). The lowest BCUT2D eigenvalue weighted by atomic mass is 9.74. The van der Waals surface area contributed by atoms with Gasteiger partial charge in [-0.1, -0.05) is 18.5 Å². The molecule has 2 fully saturated rings. The molecule has 0 aliphatic carbocycles. The zero-order valence-electron chi connectivity index (χ0n) is 14.5. The van der Waals surface area contributed by atoms with Gasteiger partial charge in [0.15, 0.2) is 5.82 Å². The van der Waals surface area contributed by atoms with Crippen LogP contribution >= 0.6 is 11.6 Å². The van der Waals surface area contributed by atoms with E-state index in [2.05, 4.69) is 27.4 Å². The van der Waals surface area contributed by atoms with Crippen molar-refractivity contribution in [2.45, 2.75) is 45.2 Å². The SMILES string of the molecule is Cc1cnc(-c2cc(NC(=O)N3C4CC(C)CC3C4)c(F)cc2Cl)nn1. The third-order valence-corrected chi connectivity index (χ3v) is 5.44. The average molecular weight is 376 g/mol. The number of fused-ring (bicyclic) bond motifs is 2. The quantitative estimate of drug-likeness (QED) is 0.859. The van der Waals surface area contributed by atoms with Gasteiger partial charge in [0, 0.05) is 17.6 Å². The molecule has 2 atom stereocenters. The number of amides is 2. The summed E-state index contributed by atoms with van der Waals surface area (Å²) in [5, 5.41) is 10.8. The summed E-state index contributed by atoms with van der Waals surface area (Å²) < 4.78 is 14.3. The summed E-state index contributed by atoms with van der Waals surface area (Å²) in [5.41, 5.74) is 1.16. The molecule has 0 spiro atoms. The van der Waals surface area contributed by atoms with Crippen LogP contribution in [0.15, 0.2) is 18.3 Å². The second-order valence-electron chi connectivity index (χ2n) is 7.19. The summed E-state index contributed by atoms with van der Waals surface area (Å²) in [4.78, 5) is 18.6. The predicted octanol–water partition coefficient (Wildman–Crippen LogP) is 4.04. The molecule has 1 aromatic heterocycles. The number of nitrogens with zero attached hydrogens (tertiary/aromatic N) is 4. The van der Waals surface area contributed by atoms with Gasteiger partial charge in [-0.05, 0) is 44.2 Å².